The number of rotatable bonds is 9. The molecule has 9 heteroatoms. The van der Waals surface area contributed by atoms with Crippen LogP contribution in [0.15, 0.2) is 81.2 Å². The van der Waals surface area contributed by atoms with Crippen LogP contribution in [-0.4, -0.2) is 42.3 Å². The summed E-state index contributed by atoms with van der Waals surface area (Å²) >= 11 is 1.29. The van der Waals surface area contributed by atoms with Crippen molar-refractivity contribution in [3.05, 3.63) is 83.2 Å². The summed E-state index contributed by atoms with van der Waals surface area (Å²) < 4.78 is 21.3. The van der Waals surface area contributed by atoms with Gasteiger partial charge in [0.15, 0.2) is 23.3 Å². The van der Waals surface area contributed by atoms with E-state index in [0.717, 1.165) is 11.3 Å². The van der Waals surface area contributed by atoms with E-state index in [-0.39, 0.29) is 25.7 Å². The fraction of sp³-hybridized carbons (Fsp3) is 0.192. The zero-order valence-electron chi connectivity index (χ0n) is 19.3. The van der Waals surface area contributed by atoms with Crippen molar-refractivity contribution in [3.63, 3.8) is 0 Å². The fourth-order valence-electron chi connectivity index (χ4n) is 3.29. The summed E-state index contributed by atoms with van der Waals surface area (Å²) in [5, 5.41) is 0.560. The molecule has 0 saturated carbocycles. The minimum atomic E-state index is -0.462. The zero-order valence-corrected chi connectivity index (χ0v) is 20.1. The molecule has 0 unspecified atom stereocenters. The molecule has 2 heterocycles. The van der Waals surface area contributed by atoms with E-state index in [9.17, 15) is 9.59 Å². The number of carbonyl (C=O) groups excluding carboxylic acids is 2. The van der Waals surface area contributed by atoms with Crippen LogP contribution in [0.2, 0.25) is 0 Å². The van der Waals surface area contributed by atoms with Gasteiger partial charge in [0, 0.05) is 0 Å². The molecule has 1 aromatic heterocycles. The van der Waals surface area contributed by atoms with Gasteiger partial charge in [0.05, 0.1) is 37.1 Å². The largest absolute Gasteiger partial charge is 0.493 e. The maximum Gasteiger partial charge on any atom is 0.344 e. The van der Waals surface area contributed by atoms with E-state index < -0.39 is 5.97 Å². The first-order valence-electron chi connectivity index (χ1n) is 10.9. The Kier molecular flexibility index (Phi) is 7.89. The number of benzene rings is 2. The molecule has 3 aromatic rings. The van der Waals surface area contributed by atoms with Crippen molar-refractivity contribution in [2.75, 3.05) is 20.3 Å². The van der Waals surface area contributed by atoms with Crippen LogP contribution in [0.5, 0.6) is 11.5 Å². The lowest BCUT2D eigenvalue weighted by molar-refractivity contribution is -0.145. The third kappa shape index (κ3) is 6.13. The molecule has 1 aliphatic rings. The van der Waals surface area contributed by atoms with Crippen LogP contribution in [0.25, 0.3) is 6.08 Å². The lowest BCUT2D eigenvalue weighted by atomic mass is 10.2. The summed E-state index contributed by atoms with van der Waals surface area (Å²) in [5.41, 5.74) is 1.48. The lowest BCUT2D eigenvalue weighted by Crippen LogP contribution is -2.28. The van der Waals surface area contributed by atoms with Crippen LogP contribution in [-0.2, 0) is 20.9 Å². The van der Waals surface area contributed by atoms with Gasteiger partial charge in [0.1, 0.15) is 5.76 Å². The van der Waals surface area contributed by atoms with E-state index in [1.54, 1.807) is 48.4 Å². The molecule has 8 nitrogen and oxygen atoms in total. The van der Waals surface area contributed by atoms with Crippen molar-refractivity contribution in [2.45, 2.75) is 13.5 Å². The van der Waals surface area contributed by atoms with Crippen LogP contribution >= 0.6 is 11.8 Å². The summed E-state index contributed by atoms with van der Waals surface area (Å²) in [4.78, 5) is 31.7. The van der Waals surface area contributed by atoms with Gasteiger partial charge in [-0.2, -0.15) is 0 Å². The van der Waals surface area contributed by atoms with Crippen LogP contribution in [0.1, 0.15) is 18.2 Å². The summed E-state index contributed by atoms with van der Waals surface area (Å²) in [6, 6.07) is 18.3. The Balaban J connectivity index is 1.59. The van der Waals surface area contributed by atoms with Gasteiger partial charge in [0.25, 0.3) is 5.91 Å². The van der Waals surface area contributed by atoms with E-state index in [0.29, 0.717) is 27.3 Å². The van der Waals surface area contributed by atoms with Crippen molar-refractivity contribution in [1.29, 1.82) is 0 Å². The molecule has 35 heavy (non-hydrogen) atoms. The number of ether oxygens (including phenoxy) is 3. The molecule has 1 saturated heterocycles. The molecule has 1 fully saturated rings. The summed E-state index contributed by atoms with van der Waals surface area (Å²) in [7, 11) is 1.51. The second-order valence-corrected chi connectivity index (χ2v) is 8.32. The molecule has 0 atom stereocenters. The standard InChI is InChI=1S/C26H24N2O6S/c1-3-32-24(29)17-34-21-12-11-18(14-22(21)31-2)15-23-25(30)28(16-20-10-7-13-33-20)26(35-23)27-19-8-5-4-6-9-19/h4-15H,3,16-17H2,1-2H3/b23-15-,27-26?. The molecule has 1 aliphatic heterocycles. The molecule has 1 amide bonds. The average Bonchev–Trinajstić information content (AvgIpc) is 3.48. The molecule has 0 aliphatic carbocycles. The van der Waals surface area contributed by atoms with Crippen LogP contribution in [0.3, 0.4) is 0 Å². The third-order valence-corrected chi connectivity index (χ3v) is 5.91. The molecule has 0 bridgehead atoms. The number of carbonyl (C=O) groups is 2. The van der Waals surface area contributed by atoms with Crippen molar-refractivity contribution < 1.29 is 28.2 Å². The maximum atomic E-state index is 13.3. The normalized spacial score (nSPS) is 15.6. The fourth-order valence-corrected chi connectivity index (χ4v) is 4.28. The monoisotopic (exact) mass is 492 g/mol. The first-order chi connectivity index (χ1) is 17.1. The molecular weight excluding hydrogens is 468 g/mol. The van der Waals surface area contributed by atoms with Gasteiger partial charge in [-0.3, -0.25) is 9.69 Å². The van der Waals surface area contributed by atoms with E-state index >= 15 is 0 Å². The Hall–Kier alpha value is -3.98. The number of hydrogen-bond acceptors (Lipinski definition) is 8. The van der Waals surface area contributed by atoms with Crippen molar-refractivity contribution in [2.24, 2.45) is 4.99 Å². The SMILES string of the molecule is CCOC(=O)COc1ccc(/C=C2\SC(=Nc3ccccc3)N(Cc3ccco3)C2=O)cc1OC. The highest BCUT2D eigenvalue weighted by atomic mass is 32.2. The predicted octanol–water partition coefficient (Wildman–Crippen LogP) is 5.03. The number of methoxy groups -OCH3 is 1. The number of nitrogens with zero attached hydrogens (tertiary/aromatic N) is 2. The number of esters is 1. The molecule has 180 valence electrons. The zero-order chi connectivity index (χ0) is 24.6. The minimum Gasteiger partial charge on any atom is -0.493 e. The predicted molar refractivity (Wildman–Crippen MR) is 133 cm³/mol. The van der Waals surface area contributed by atoms with Gasteiger partial charge in [-0.25, -0.2) is 9.79 Å². The molecule has 0 N–H and O–H groups in total. The van der Waals surface area contributed by atoms with Crippen LogP contribution in [0, 0.1) is 0 Å². The summed E-state index contributed by atoms with van der Waals surface area (Å²) in [5.74, 6) is 0.854. The van der Waals surface area contributed by atoms with Gasteiger partial charge in [-0.05, 0) is 66.7 Å². The van der Waals surface area contributed by atoms with E-state index in [4.69, 9.17) is 18.6 Å². The summed E-state index contributed by atoms with van der Waals surface area (Å²) in [6.07, 6.45) is 3.35. The first-order valence-corrected chi connectivity index (χ1v) is 11.7. The van der Waals surface area contributed by atoms with E-state index in [1.165, 1.54) is 18.9 Å². The Morgan fingerprint density at radius 3 is 2.66 bits per heavy atom. The first kappa shape index (κ1) is 24.2. The number of hydrogen-bond donors (Lipinski definition) is 0. The number of thioether (sulfide) groups is 1. The van der Waals surface area contributed by atoms with Crippen molar-refractivity contribution in [1.82, 2.24) is 4.90 Å². The number of amidine groups is 1. The van der Waals surface area contributed by atoms with E-state index in [1.807, 2.05) is 36.4 Å². The molecule has 2 aromatic carbocycles. The van der Waals surface area contributed by atoms with Gasteiger partial charge in [0.2, 0.25) is 0 Å². The highest BCUT2D eigenvalue weighted by Crippen LogP contribution is 2.36. The quantitative estimate of drug-likeness (QED) is 0.305. The van der Waals surface area contributed by atoms with Gasteiger partial charge < -0.3 is 18.6 Å². The molecule has 0 radical (unpaired) electrons. The van der Waals surface area contributed by atoms with E-state index in [2.05, 4.69) is 4.99 Å². The highest BCUT2D eigenvalue weighted by Gasteiger charge is 2.34. The minimum absolute atomic E-state index is 0.178. The second kappa shape index (κ2) is 11.4. The van der Waals surface area contributed by atoms with Crippen molar-refractivity contribution >= 4 is 40.6 Å². The van der Waals surface area contributed by atoms with Crippen LogP contribution in [0.4, 0.5) is 5.69 Å². The number of para-hydroxylation sites is 1. The van der Waals surface area contributed by atoms with Gasteiger partial charge >= 0.3 is 5.97 Å². The average molecular weight is 493 g/mol. The Bertz CT molecular complexity index is 1240. The molecular formula is C26H24N2O6S. The topological polar surface area (TPSA) is 90.6 Å². The number of furan rings is 1. The Morgan fingerprint density at radius 2 is 1.94 bits per heavy atom. The van der Waals surface area contributed by atoms with Gasteiger partial charge in [-0.1, -0.05) is 24.3 Å². The van der Waals surface area contributed by atoms with Gasteiger partial charge in [-0.15, -0.1) is 0 Å². The number of aliphatic imine (C=N–C) groups is 1. The third-order valence-electron chi connectivity index (χ3n) is 4.90. The van der Waals surface area contributed by atoms with Crippen LogP contribution < -0.4 is 9.47 Å². The molecule has 4 rings (SSSR count). The molecule has 0 spiro atoms. The second-order valence-electron chi connectivity index (χ2n) is 7.32. The lowest BCUT2D eigenvalue weighted by Gasteiger charge is -2.13. The summed E-state index contributed by atoms with van der Waals surface area (Å²) in [6.45, 7) is 2.06. The Morgan fingerprint density at radius 1 is 1.11 bits per heavy atom. The smallest absolute Gasteiger partial charge is 0.344 e. The maximum absolute atomic E-state index is 13.3. The van der Waals surface area contributed by atoms with Crippen molar-refractivity contribution in [3.8, 4) is 11.5 Å². The Labute approximate surface area is 207 Å². The highest BCUT2D eigenvalue weighted by molar-refractivity contribution is 8.18. The number of amides is 1.